The van der Waals surface area contributed by atoms with Crippen molar-refractivity contribution in [3.05, 3.63) is 29.3 Å². The van der Waals surface area contributed by atoms with Gasteiger partial charge in [0.05, 0.1) is 0 Å². The SMILES string of the molecule is CC.CCC(C)c1ccc(C)c(O)c1. The van der Waals surface area contributed by atoms with Crippen LogP contribution in [0.15, 0.2) is 18.2 Å². The van der Waals surface area contributed by atoms with Gasteiger partial charge in [-0.2, -0.15) is 0 Å². The van der Waals surface area contributed by atoms with E-state index in [0.29, 0.717) is 11.7 Å². The van der Waals surface area contributed by atoms with E-state index in [4.69, 9.17) is 0 Å². The highest BCUT2D eigenvalue weighted by Gasteiger charge is 2.04. The molecular weight excluding hydrogens is 172 g/mol. The zero-order chi connectivity index (χ0) is 11.1. The highest BCUT2D eigenvalue weighted by molar-refractivity contribution is 5.36. The Morgan fingerprint density at radius 1 is 1.29 bits per heavy atom. The maximum atomic E-state index is 9.44. The first kappa shape index (κ1) is 13.0. The third-order valence-electron chi connectivity index (χ3n) is 2.41. The van der Waals surface area contributed by atoms with E-state index in [9.17, 15) is 5.11 Å². The van der Waals surface area contributed by atoms with Gasteiger partial charge in [0.15, 0.2) is 0 Å². The highest BCUT2D eigenvalue weighted by atomic mass is 16.3. The molecule has 1 nitrogen and oxygen atoms in total. The van der Waals surface area contributed by atoms with Crippen LogP contribution >= 0.6 is 0 Å². The molecule has 1 aromatic rings. The first-order valence-electron chi connectivity index (χ1n) is 5.44. The highest BCUT2D eigenvalue weighted by Crippen LogP contribution is 2.24. The van der Waals surface area contributed by atoms with Crippen molar-refractivity contribution in [2.45, 2.75) is 47.0 Å². The molecule has 1 unspecified atom stereocenters. The molecule has 0 aliphatic carbocycles. The Hall–Kier alpha value is -0.980. The van der Waals surface area contributed by atoms with Gasteiger partial charge in [-0.1, -0.05) is 39.8 Å². The van der Waals surface area contributed by atoms with Crippen molar-refractivity contribution in [3.8, 4) is 5.75 Å². The number of phenols is 1. The van der Waals surface area contributed by atoms with Crippen molar-refractivity contribution in [3.63, 3.8) is 0 Å². The molecule has 0 spiro atoms. The average molecular weight is 194 g/mol. The molecule has 0 saturated heterocycles. The summed E-state index contributed by atoms with van der Waals surface area (Å²) in [5, 5.41) is 9.44. The number of aryl methyl sites for hydroxylation is 1. The Kier molecular flexibility index (Phi) is 6.02. The molecule has 0 amide bonds. The Balaban J connectivity index is 0.000000791. The summed E-state index contributed by atoms with van der Waals surface area (Å²) < 4.78 is 0. The topological polar surface area (TPSA) is 20.2 Å². The van der Waals surface area contributed by atoms with E-state index in [1.165, 1.54) is 5.56 Å². The summed E-state index contributed by atoms with van der Waals surface area (Å²) in [5.41, 5.74) is 2.17. The molecule has 1 atom stereocenters. The number of rotatable bonds is 2. The fraction of sp³-hybridized carbons (Fsp3) is 0.538. The zero-order valence-corrected chi connectivity index (χ0v) is 9.96. The second-order valence-electron chi connectivity index (χ2n) is 3.36. The molecule has 80 valence electrons. The first-order valence-corrected chi connectivity index (χ1v) is 5.44. The summed E-state index contributed by atoms with van der Waals surface area (Å²) in [6.07, 6.45) is 1.11. The van der Waals surface area contributed by atoms with Crippen LogP contribution in [0, 0.1) is 6.92 Å². The summed E-state index contributed by atoms with van der Waals surface area (Å²) in [5.74, 6) is 0.948. The number of benzene rings is 1. The van der Waals surface area contributed by atoms with Gasteiger partial charge >= 0.3 is 0 Å². The van der Waals surface area contributed by atoms with E-state index in [1.54, 1.807) is 0 Å². The minimum atomic E-state index is 0.410. The van der Waals surface area contributed by atoms with Crippen LogP contribution in [0.3, 0.4) is 0 Å². The minimum absolute atomic E-state index is 0.410. The van der Waals surface area contributed by atoms with Gasteiger partial charge < -0.3 is 5.11 Å². The van der Waals surface area contributed by atoms with Crippen LogP contribution in [-0.2, 0) is 0 Å². The summed E-state index contributed by atoms with van der Waals surface area (Å²) in [7, 11) is 0. The number of aromatic hydroxyl groups is 1. The molecule has 0 saturated carbocycles. The molecule has 0 aliphatic rings. The fourth-order valence-electron chi connectivity index (χ4n) is 1.17. The van der Waals surface area contributed by atoms with E-state index >= 15 is 0 Å². The van der Waals surface area contributed by atoms with Gasteiger partial charge in [0.1, 0.15) is 5.75 Å². The van der Waals surface area contributed by atoms with Crippen molar-refractivity contribution in [2.24, 2.45) is 0 Å². The molecule has 0 aliphatic heterocycles. The number of phenolic OH excluding ortho intramolecular Hbond substituents is 1. The summed E-state index contributed by atoms with van der Waals surface area (Å²) in [6, 6.07) is 5.92. The molecule has 0 aromatic heterocycles. The van der Waals surface area contributed by atoms with Crippen LogP contribution in [0.2, 0.25) is 0 Å². The molecular formula is C13H22O. The van der Waals surface area contributed by atoms with E-state index in [2.05, 4.69) is 19.9 Å². The first-order chi connectivity index (χ1) is 6.65. The maximum absolute atomic E-state index is 9.44. The molecule has 1 heteroatoms. The van der Waals surface area contributed by atoms with Gasteiger partial charge in [-0.15, -0.1) is 0 Å². The lowest BCUT2D eigenvalue weighted by atomic mass is 9.97. The quantitative estimate of drug-likeness (QED) is 0.746. The Labute approximate surface area is 87.8 Å². The summed E-state index contributed by atoms with van der Waals surface area (Å²) in [6.45, 7) is 10.2. The Morgan fingerprint density at radius 2 is 1.86 bits per heavy atom. The van der Waals surface area contributed by atoms with Crippen LogP contribution in [0.1, 0.15) is 51.2 Å². The maximum Gasteiger partial charge on any atom is 0.118 e. The van der Waals surface area contributed by atoms with Gasteiger partial charge in [-0.05, 0) is 36.5 Å². The van der Waals surface area contributed by atoms with Crippen LogP contribution in [0.25, 0.3) is 0 Å². The van der Waals surface area contributed by atoms with Crippen LogP contribution in [0.4, 0.5) is 0 Å². The van der Waals surface area contributed by atoms with E-state index in [-0.39, 0.29) is 0 Å². The molecule has 0 bridgehead atoms. The largest absolute Gasteiger partial charge is 0.508 e. The van der Waals surface area contributed by atoms with E-state index in [1.807, 2.05) is 32.9 Å². The van der Waals surface area contributed by atoms with Crippen LogP contribution in [0.5, 0.6) is 5.75 Å². The molecule has 0 heterocycles. The van der Waals surface area contributed by atoms with Crippen molar-refractivity contribution in [2.75, 3.05) is 0 Å². The zero-order valence-electron chi connectivity index (χ0n) is 9.96. The monoisotopic (exact) mass is 194 g/mol. The van der Waals surface area contributed by atoms with E-state index < -0.39 is 0 Å². The molecule has 0 radical (unpaired) electrons. The summed E-state index contributed by atoms with van der Waals surface area (Å²) in [4.78, 5) is 0. The Bertz CT molecular complexity index is 266. The van der Waals surface area contributed by atoms with Gasteiger partial charge in [0.2, 0.25) is 0 Å². The predicted octanol–water partition coefficient (Wildman–Crippen LogP) is 4.24. The average Bonchev–Trinajstić information content (AvgIpc) is 2.24. The normalized spacial score (nSPS) is 11.5. The molecule has 1 aromatic carbocycles. The second-order valence-corrected chi connectivity index (χ2v) is 3.36. The minimum Gasteiger partial charge on any atom is -0.508 e. The van der Waals surface area contributed by atoms with Gasteiger partial charge in [0, 0.05) is 0 Å². The third kappa shape index (κ3) is 3.41. The van der Waals surface area contributed by atoms with Crippen molar-refractivity contribution >= 4 is 0 Å². The molecule has 14 heavy (non-hydrogen) atoms. The molecule has 1 N–H and O–H groups in total. The number of hydrogen-bond donors (Lipinski definition) is 1. The lowest BCUT2D eigenvalue weighted by molar-refractivity contribution is 0.469. The van der Waals surface area contributed by atoms with Gasteiger partial charge in [-0.25, -0.2) is 0 Å². The lowest BCUT2D eigenvalue weighted by Gasteiger charge is -2.09. The molecule has 1 rings (SSSR count). The summed E-state index contributed by atoms with van der Waals surface area (Å²) >= 11 is 0. The third-order valence-corrected chi connectivity index (χ3v) is 2.41. The van der Waals surface area contributed by atoms with E-state index in [0.717, 1.165) is 12.0 Å². The lowest BCUT2D eigenvalue weighted by Crippen LogP contribution is -1.90. The predicted molar refractivity (Wildman–Crippen MR) is 62.9 cm³/mol. The Morgan fingerprint density at radius 3 is 2.29 bits per heavy atom. The molecule has 0 fully saturated rings. The standard InChI is InChI=1S/C11H16O.C2H6/c1-4-8(2)10-6-5-9(3)11(12)7-10;1-2/h5-8,12H,4H2,1-3H3;1-2H3. The fourth-order valence-corrected chi connectivity index (χ4v) is 1.17. The van der Waals surface area contributed by atoms with Crippen LogP contribution in [-0.4, -0.2) is 5.11 Å². The smallest absolute Gasteiger partial charge is 0.118 e. The van der Waals surface area contributed by atoms with Gasteiger partial charge in [-0.3, -0.25) is 0 Å². The van der Waals surface area contributed by atoms with Crippen LogP contribution < -0.4 is 0 Å². The van der Waals surface area contributed by atoms with Gasteiger partial charge in [0.25, 0.3) is 0 Å². The van der Waals surface area contributed by atoms with Crippen molar-refractivity contribution in [1.82, 2.24) is 0 Å². The van der Waals surface area contributed by atoms with Crippen molar-refractivity contribution < 1.29 is 5.11 Å². The number of hydrogen-bond acceptors (Lipinski definition) is 1. The second kappa shape index (κ2) is 6.47. The van der Waals surface area contributed by atoms with Crippen molar-refractivity contribution in [1.29, 1.82) is 0 Å².